The maximum absolute atomic E-state index is 9.55. The lowest BCUT2D eigenvalue weighted by Gasteiger charge is -2.21. The second kappa shape index (κ2) is 7.05. The van der Waals surface area contributed by atoms with E-state index in [9.17, 15) is 5.11 Å². The normalized spacial score (nSPS) is 16.1. The fourth-order valence-electron chi connectivity index (χ4n) is 3.49. The molecule has 4 heteroatoms. The molecule has 1 aliphatic carbocycles. The lowest BCUT2D eigenvalue weighted by molar-refractivity contribution is 0.274. The van der Waals surface area contributed by atoms with Crippen LogP contribution in [0.25, 0.3) is 5.69 Å². The molecule has 1 aliphatic rings. The summed E-state index contributed by atoms with van der Waals surface area (Å²) < 4.78 is 1.90. The van der Waals surface area contributed by atoms with Crippen molar-refractivity contribution in [2.75, 3.05) is 0 Å². The van der Waals surface area contributed by atoms with Gasteiger partial charge in [0.1, 0.15) is 5.69 Å². The predicted octanol–water partition coefficient (Wildman–Crippen LogP) is 3.58. The van der Waals surface area contributed by atoms with Crippen molar-refractivity contribution < 1.29 is 5.11 Å². The molecular formula is C18H25N3O. The summed E-state index contributed by atoms with van der Waals surface area (Å²) in [5, 5.41) is 18.0. The highest BCUT2D eigenvalue weighted by Gasteiger charge is 2.18. The number of aliphatic hydroxyl groups is 1. The Balaban J connectivity index is 1.80. The summed E-state index contributed by atoms with van der Waals surface area (Å²) in [6, 6.07) is 8.28. The van der Waals surface area contributed by atoms with Crippen molar-refractivity contribution >= 4 is 0 Å². The molecule has 1 aromatic carbocycles. The van der Waals surface area contributed by atoms with Crippen molar-refractivity contribution in [2.24, 2.45) is 5.92 Å². The van der Waals surface area contributed by atoms with E-state index < -0.39 is 0 Å². The lowest BCUT2D eigenvalue weighted by Crippen LogP contribution is -2.10. The molecule has 1 N–H and O–H groups in total. The number of benzene rings is 1. The van der Waals surface area contributed by atoms with E-state index >= 15 is 0 Å². The van der Waals surface area contributed by atoms with Crippen LogP contribution in [0.5, 0.6) is 0 Å². The van der Waals surface area contributed by atoms with Crippen LogP contribution in [0.2, 0.25) is 0 Å². The number of aryl methyl sites for hydroxylation is 1. The number of hydrogen-bond acceptors (Lipinski definition) is 3. The third-order valence-electron chi connectivity index (χ3n) is 4.75. The molecule has 0 amide bonds. The van der Waals surface area contributed by atoms with Gasteiger partial charge in [-0.15, -0.1) is 5.10 Å². The van der Waals surface area contributed by atoms with Crippen LogP contribution in [-0.4, -0.2) is 20.1 Å². The Labute approximate surface area is 132 Å². The first kappa shape index (κ1) is 15.2. The third-order valence-corrected chi connectivity index (χ3v) is 4.75. The highest BCUT2D eigenvalue weighted by molar-refractivity contribution is 5.36. The van der Waals surface area contributed by atoms with Crippen LogP contribution in [0.4, 0.5) is 0 Å². The molecule has 0 unspecified atom stereocenters. The highest BCUT2D eigenvalue weighted by atomic mass is 16.3. The summed E-state index contributed by atoms with van der Waals surface area (Å²) in [7, 11) is 0. The number of rotatable bonds is 5. The Morgan fingerprint density at radius 3 is 2.77 bits per heavy atom. The van der Waals surface area contributed by atoms with Gasteiger partial charge >= 0.3 is 0 Å². The van der Waals surface area contributed by atoms with Crippen molar-refractivity contribution in [3.8, 4) is 5.69 Å². The molecule has 1 aromatic heterocycles. The zero-order chi connectivity index (χ0) is 15.4. The molecule has 3 rings (SSSR count). The minimum Gasteiger partial charge on any atom is -0.390 e. The maximum atomic E-state index is 9.55. The van der Waals surface area contributed by atoms with Gasteiger partial charge in [-0.25, -0.2) is 4.68 Å². The van der Waals surface area contributed by atoms with Crippen molar-refractivity contribution in [2.45, 2.75) is 58.5 Å². The third kappa shape index (κ3) is 3.38. The monoisotopic (exact) mass is 299 g/mol. The summed E-state index contributed by atoms with van der Waals surface area (Å²) in [6.07, 6.45) is 8.94. The number of hydrogen-bond donors (Lipinski definition) is 1. The molecule has 4 nitrogen and oxygen atoms in total. The number of nitrogens with zero attached hydrogens (tertiary/aromatic N) is 3. The van der Waals surface area contributed by atoms with E-state index in [1.807, 2.05) is 16.8 Å². The first-order valence-corrected chi connectivity index (χ1v) is 8.39. The van der Waals surface area contributed by atoms with Crippen LogP contribution in [-0.2, 0) is 13.0 Å². The predicted molar refractivity (Wildman–Crippen MR) is 86.9 cm³/mol. The van der Waals surface area contributed by atoms with Gasteiger partial charge in [-0.2, -0.15) is 0 Å². The SMILES string of the molecule is Cc1cccc(-n2nnc(CO)c2CCC2CCCCC2)c1. The Morgan fingerprint density at radius 1 is 1.23 bits per heavy atom. The molecule has 0 atom stereocenters. The summed E-state index contributed by atoms with van der Waals surface area (Å²) in [4.78, 5) is 0. The summed E-state index contributed by atoms with van der Waals surface area (Å²) >= 11 is 0. The van der Waals surface area contributed by atoms with Crippen LogP contribution < -0.4 is 0 Å². The van der Waals surface area contributed by atoms with Crippen LogP contribution in [0.3, 0.4) is 0 Å². The Bertz CT molecular complexity index is 615. The van der Waals surface area contributed by atoms with E-state index in [0.717, 1.165) is 29.4 Å². The molecule has 1 heterocycles. The Morgan fingerprint density at radius 2 is 2.05 bits per heavy atom. The van der Waals surface area contributed by atoms with Gasteiger partial charge in [-0.1, -0.05) is 49.5 Å². The average molecular weight is 299 g/mol. The molecule has 2 aromatic rings. The van der Waals surface area contributed by atoms with Crippen LogP contribution in [0.1, 0.15) is 55.5 Å². The van der Waals surface area contributed by atoms with Gasteiger partial charge < -0.3 is 5.11 Å². The van der Waals surface area contributed by atoms with Crippen molar-refractivity contribution in [1.82, 2.24) is 15.0 Å². The van der Waals surface area contributed by atoms with Crippen LogP contribution in [0.15, 0.2) is 24.3 Å². The smallest absolute Gasteiger partial charge is 0.112 e. The van der Waals surface area contributed by atoms with Crippen LogP contribution >= 0.6 is 0 Å². The average Bonchev–Trinajstić information content (AvgIpc) is 2.97. The van der Waals surface area contributed by atoms with E-state index in [0.29, 0.717) is 0 Å². The van der Waals surface area contributed by atoms with E-state index in [4.69, 9.17) is 0 Å². The van der Waals surface area contributed by atoms with E-state index in [1.165, 1.54) is 44.1 Å². The molecule has 0 spiro atoms. The molecule has 1 fully saturated rings. The Kier molecular flexibility index (Phi) is 4.88. The zero-order valence-electron chi connectivity index (χ0n) is 13.3. The summed E-state index contributed by atoms with van der Waals surface area (Å²) in [6.45, 7) is 2.04. The first-order chi connectivity index (χ1) is 10.8. The molecule has 0 bridgehead atoms. The van der Waals surface area contributed by atoms with E-state index in [-0.39, 0.29) is 6.61 Å². The molecule has 1 saturated carbocycles. The first-order valence-electron chi connectivity index (χ1n) is 8.39. The number of aliphatic hydroxyl groups excluding tert-OH is 1. The molecule has 0 radical (unpaired) electrons. The molecular weight excluding hydrogens is 274 g/mol. The second-order valence-electron chi connectivity index (χ2n) is 6.43. The van der Waals surface area contributed by atoms with E-state index in [1.54, 1.807) is 0 Å². The van der Waals surface area contributed by atoms with Crippen molar-refractivity contribution in [1.29, 1.82) is 0 Å². The minimum absolute atomic E-state index is 0.0359. The lowest BCUT2D eigenvalue weighted by atomic mass is 9.85. The van der Waals surface area contributed by atoms with Gasteiger partial charge in [0.15, 0.2) is 0 Å². The largest absolute Gasteiger partial charge is 0.390 e. The molecule has 22 heavy (non-hydrogen) atoms. The zero-order valence-corrected chi connectivity index (χ0v) is 13.3. The number of aromatic nitrogens is 3. The maximum Gasteiger partial charge on any atom is 0.112 e. The fraction of sp³-hybridized carbons (Fsp3) is 0.556. The van der Waals surface area contributed by atoms with Gasteiger partial charge in [-0.3, -0.25) is 0 Å². The Hall–Kier alpha value is -1.68. The second-order valence-corrected chi connectivity index (χ2v) is 6.43. The molecule has 0 aliphatic heterocycles. The van der Waals surface area contributed by atoms with Crippen molar-refractivity contribution in [3.05, 3.63) is 41.2 Å². The molecule has 118 valence electrons. The van der Waals surface area contributed by atoms with Crippen molar-refractivity contribution in [3.63, 3.8) is 0 Å². The van der Waals surface area contributed by atoms with E-state index in [2.05, 4.69) is 29.4 Å². The standard InChI is InChI=1S/C18H25N3O/c1-14-6-5-9-16(12-14)21-18(17(13-22)19-20-21)11-10-15-7-3-2-4-8-15/h5-6,9,12,15,22H,2-4,7-8,10-11,13H2,1H3. The topological polar surface area (TPSA) is 50.9 Å². The summed E-state index contributed by atoms with van der Waals surface area (Å²) in [5.41, 5.74) is 4.03. The van der Waals surface area contributed by atoms with Gasteiger partial charge in [0.05, 0.1) is 18.0 Å². The molecule has 0 saturated heterocycles. The van der Waals surface area contributed by atoms with Crippen LogP contribution in [0, 0.1) is 12.8 Å². The van der Waals surface area contributed by atoms with Gasteiger partial charge in [0.2, 0.25) is 0 Å². The highest BCUT2D eigenvalue weighted by Crippen LogP contribution is 2.28. The van der Waals surface area contributed by atoms with Gasteiger partial charge in [-0.05, 0) is 43.4 Å². The van der Waals surface area contributed by atoms with Gasteiger partial charge in [0.25, 0.3) is 0 Å². The summed E-state index contributed by atoms with van der Waals surface area (Å²) in [5.74, 6) is 0.821. The minimum atomic E-state index is -0.0359. The fourth-order valence-corrected chi connectivity index (χ4v) is 3.49. The quantitative estimate of drug-likeness (QED) is 0.918. The van der Waals surface area contributed by atoms with Gasteiger partial charge in [0, 0.05) is 0 Å².